The third-order valence-corrected chi connectivity index (χ3v) is 5.18. The minimum Gasteiger partial charge on any atom is -0.323 e. The lowest BCUT2D eigenvalue weighted by atomic mass is 9.80. The van der Waals surface area contributed by atoms with Gasteiger partial charge in [-0.3, -0.25) is 9.58 Å². The third-order valence-electron chi connectivity index (χ3n) is 5.18. The van der Waals surface area contributed by atoms with E-state index in [1.807, 2.05) is 0 Å². The Kier molecular flexibility index (Phi) is 3.87. The topological polar surface area (TPSA) is 47.1 Å². The first-order valence-corrected chi connectivity index (χ1v) is 8.12. The van der Waals surface area contributed by atoms with Crippen LogP contribution in [0.1, 0.15) is 57.7 Å². The molecule has 1 saturated carbocycles. The van der Waals surface area contributed by atoms with Crippen molar-refractivity contribution in [3.05, 3.63) is 18.0 Å². The molecule has 1 aliphatic heterocycles. The van der Waals surface area contributed by atoms with Gasteiger partial charge >= 0.3 is 0 Å². The minimum atomic E-state index is 0.0198. The van der Waals surface area contributed by atoms with Crippen LogP contribution in [0.4, 0.5) is 0 Å². The maximum Gasteiger partial charge on any atom is 0.0764 e. The molecule has 0 aromatic carbocycles. The quantitative estimate of drug-likeness (QED) is 0.919. The standard InChI is InChI=1S/C16H28N4/c1-13(2)16(17)11-19(12-16)10-14-8-9-20(18-14)15-6-4-3-5-7-15/h8-9,13,15H,3-7,10-12,17H2,1-2H3. The molecule has 1 aliphatic carbocycles. The van der Waals surface area contributed by atoms with Gasteiger partial charge in [0.25, 0.3) is 0 Å². The molecule has 0 bridgehead atoms. The van der Waals surface area contributed by atoms with Crippen LogP contribution >= 0.6 is 0 Å². The zero-order chi connectivity index (χ0) is 14.2. The highest BCUT2D eigenvalue weighted by Gasteiger charge is 2.41. The average Bonchev–Trinajstić information content (AvgIpc) is 2.86. The van der Waals surface area contributed by atoms with Crippen LogP contribution in [-0.4, -0.2) is 33.3 Å². The second-order valence-corrected chi connectivity index (χ2v) is 7.11. The second kappa shape index (κ2) is 5.49. The van der Waals surface area contributed by atoms with Crippen molar-refractivity contribution in [1.82, 2.24) is 14.7 Å². The van der Waals surface area contributed by atoms with Gasteiger partial charge in [0.05, 0.1) is 11.7 Å². The second-order valence-electron chi connectivity index (χ2n) is 7.11. The van der Waals surface area contributed by atoms with E-state index >= 15 is 0 Å². The Bertz CT molecular complexity index is 439. The summed E-state index contributed by atoms with van der Waals surface area (Å²) < 4.78 is 2.20. The van der Waals surface area contributed by atoms with Crippen LogP contribution in [0, 0.1) is 5.92 Å². The molecule has 0 unspecified atom stereocenters. The van der Waals surface area contributed by atoms with Gasteiger partial charge in [-0.2, -0.15) is 5.10 Å². The third kappa shape index (κ3) is 2.77. The zero-order valence-electron chi connectivity index (χ0n) is 12.9. The summed E-state index contributed by atoms with van der Waals surface area (Å²) in [6, 6.07) is 2.82. The van der Waals surface area contributed by atoms with Gasteiger partial charge in [0.2, 0.25) is 0 Å². The molecule has 2 fully saturated rings. The fourth-order valence-corrected chi connectivity index (χ4v) is 3.50. The summed E-state index contributed by atoms with van der Waals surface area (Å²) in [6.45, 7) is 7.39. The predicted molar refractivity (Wildman–Crippen MR) is 81.4 cm³/mol. The van der Waals surface area contributed by atoms with Crippen molar-refractivity contribution in [2.45, 2.75) is 64.1 Å². The SMILES string of the molecule is CC(C)C1(N)CN(Cc2ccn(C3CCCCC3)n2)C1. The molecule has 1 aromatic rings. The van der Waals surface area contributed by atoms with E-state index < -0.39 is 0 Å². The Morgan fingerprint density at radius 1 is 1.30 bits per heavy atom. The lowest BCUT2D eigenvalue weighted by Crippen LogP contribution is -2.69. The van der Waals surface area contributed by atoms with Crippen LogP contribution in [0.3, 0.4) is 0 Å². The summed E-state index contributed by atoms with van der Waals surface area (Å²) in [5, 5.41) is 4.78. The van der Waals surface area contributed by atoms with E-state index in [0.717, 1.165) is 19.6 Å². The molecule has 0 radical (unpaired) electrons. The van der Waals surface area contributed by atoms with Gasteiger partial charge in [-0.25, -0.2) is 0 Å². The fourth-order valence-electron chi connectivity index (χ4n) is 3.50. The molecule has 1 saturated heterocycles. The van der Waals surface area contributed by atoms with E-state index in [1.54, 1.807) is 0 Å². The first-order valence-electron chi connectivity index (χ1n) is 8.12. The molecular weight excluding hydrogens is 248 g/mol. The van der Waals surface area contributed by atoms with Crippen molar-refractivity contribution in [1.29, 1.82) is 0 Å². The molecule has 3 rings (SSSR count). The fraction of sp³-hybridized carbons (Fsp3) is 0.812. The van der Waals surface area contributed by atoms with Gasteiger partial charge in [0.1, 0.15) is 0 Å². The molecule has 2 aliphatic rings. The monoisotopic (exact) mass is 276 g/mol. The Balaban J connectivity index is 1.53. The minimum absolute atomic E-state index is 0.0198. The average molecular weight is 276 g/mol. The van der Waals surface area contributed by atoms with Gasteiger partial charge in [-0.05, 0) is 24.8 Å². The number of rotatable bonds is 4. The van der Waals surface area contributed by atoms with E-state index in [2.05, 4.69) is 35.7 Å². The van der Waals surface area contributed by atoms with E-state index in [4.69, 9.17) is 10.8 Å². The zero-order valence-corrected chi connectivity index (χ0v) is 12.9. The van der Waals surface area contributed by atoms with Crippen LogP contribution in [0.15, 0.2) is 12.3 Å². The molecule has 0 spiro atoms. The Morgan fingerprint density at radius 3 is 2.65 bits per heavy atom. The first kappa shape index (κ1) is 14.1. The molecule has 0 amide bonds. The van der Waals surface area contributed by atoms with Crippen LogP contribution in [0.5, 0.6) is 0 Å². The highest BCUT2D eigenvalue weighted by atomic mass is 15.3. The molecule has 20 heavy (non-hydrogen) atoms. The number of likely N-dealkylation sites (tertiary alicyclic amines) is 1. The van der Waals surface area contributed by atoms with E-state index in [-0.39, 0.29) is 5.54 Å². The first-order chi connectivity index (χ1) is 9.57. The van der Waals surface area contributed by atoms with Crippen molar-refractivity contribution >= 4 is 0 Å². The molecule has 4 heteroatoms. The largest absolute Gasteiger partial charge is 0.323 e. The van der Waals surface area contributed by atoms with Gasteiger partial charge in [0.15, 0.2) is 0 Å². The normalized spacial score (nSPS) is 24.0. The maximum absolute atomic E-state index is 6.34. The molecule has 0 atom stereocenters. The number of hydrogen-bond donors (Lipinski definition) is 1. The van der Waals surface area contributed by atoms with Gasteiger partial charge in [-0.1, -0.05) is 33.1 Å². The molecule has 112 valence electrons. The number of hydrogen-bond acceptors (Lipinski definition) is 3. The summed E-state index contributed by atoms with van der Waals surface area (Å²) in [5.41, 5.74) is 7.56. The van der Waals surface area contributed by atoms with Crippen molar-refractivity contribution in [3.8, 4) is 0 Å². The maximum atomic E-state index is 6.34. The van der Waals surface area contributed by atoms with Crippen molar-refractivity contribution < 1.29 is 0 Å². The van der Waals surface area contributed by atoms with Crippen LogP contribution in [-0.2, 0) is 6.54 Å². The van der Waals surface area contributed by atoms with E-state index in [9.17, 15) is 0 Å². The van der Waals surface area contributed by atoms with Gasteiger partial charge in [0, 0.05) is 31.4 Å². The van der Waals surface area contributed by atoms with Crippen LogP contribution in [0.25, 0.3) is 0 Å². The summed E-state index contributed by atoms with van der Waals surface area (Å²) >= 11 is 0. The van der Waals surface area contributed by atoms with Crippen molar-refractivity contribution in [2.75, 3.05) is 13.1 Å². The highest BCUT2D eigenvalue weighted by molar-refractivity contribution is 5.07. The Hall–Kier alpha value is -0.870. The van der Waals surface area contributed by atoms with E-state index in [0.29, 0.717) is 12.0 Å². The molecule has 4 nitrogen and oxygen atoms in total. The summed E-state index contributed by atoms with van der Waals surface area (Å²) in [4.78, 5) is 2.41. The Labute approximate surface area is 122 Å². The summed E-state index contributed by atoms with van der Waals surface area (Å²) in [6.07, 6.45) is 8.87. The van der Waals surface area contributed by atoms with Gasteiger partial charge in [-0.15, -0.1) is 0 Å². The molecular formula is C16H28N4. The number of nitrogens with zero attached hydrogens (tertiary/aromatic N) is 3. The van der Waals surface area contributed by atoms with Crippen LogP contribution < -0.4 is 5.73 Å². The smallest absolute Gasteiger partial charge is 0.0764 e. The van der Waals surface area contributed by atoms with Crippen molar-refractivity contribution in [3.63, 3.8) is 0 Å². The highest BCUT2D eigenvalue weighted by Crippen LogP contribution is 2.29. The summed E-state index contributed by atoms with van der Waals surface area (Å²) in [7, 11) is 0. The molecule has 2 N–H and O–H groups in total. The van der Waals surface area contributed by atoms with Gasteiger partial charge < -0.3 is 5.73 Å². The lowest BCUT2D eigenvalue weighted by molar-refractivity contribution is 0.0302. The summed E-state index contributed by atoms with van der Waals surface area (Å²) in [5.74, 6) is 0.554. The lowest BCUT2D eigenvalue weighted by Gasteiger charge is -2.50. The van der Waals surface area contributed by atoms with Crippen molar-refractivity contribution in [2.24, 2.45) is 11.7 Å². The number of aromatic nitrogens is 2. The number of nitrogens with two attached hydrogens (primary N) is 1. The molecule has 1 aromatic heterocycles. The molecule has 2 heterocycles. The predicted octanol–water partition coefficient (Wildman–Crippen LogP) is 2.56. The van der Waals surface area contributed by atoms with Crippen LogP contribution in [0.2, 0.25) is 0 Å². The Morgan fingerprint density at radius 2 is 2.00 bits per heavy atom. The van der Waals surface area contributed by atoms with E-state index in [1.165, 1.54) is 37.8 Å².